The van der Waals surface area contributed by atoms with E-state index in [4.69, 9.17) is 5.11 Å². The van der Waals surface area contributed by atoms with Gasteiger partial charge in [-0.05, 0) is 30.8 Å². The highest BCUT2D eigenvalue weighted by Crippen LogP contribution is 2.08. The summed E-state index contributed by atoms with van der Waals surface area (Å²) < 4.78 is 0. The van der Waals surface area contributed by atoms with Gasteiger partial charge in [-0.1, -0.05) is 6.07 Å². The van der Waals surface area contributed by atoms with E-state index in [2.05, 4.69) is 10.6 Å². The van der Waals surface area contributed by atoms with Crippen LogP contribution in [0.3, 0.4) is 0 Å². The van der Waals surface area contributed by atoms with Crippen LogP contribution < -0.4 is 10.6 Å². The Bertz CT molecular complexity index is 391. The molecule has 112 valence electrons. The van der Waals surface area contributed by atoms with Crippen LogP contribution in [0.4, 0.5) is 0 Å². The lowest BCUT2D eigenvalue weighted by molar-refractivity contribution is -0.122. The molecule has 0 bridgehead atoms. The number of aliphatic hydroxyl groups is 1. The van der Waals surface area contributed by atoms with Gasteiger partial charge in [-0.15, -0.1) is 11.3 Å². The van der Waals surface area contributed by atoms with Crippen molar-refractivity contribution in [2.24, 2.45) is 0 Å². The fraction of sp³-hybridized carbons (Fsp3) is 0.643. The molecule has 1 atom stereocenters. The lowest BCUT2D eigenvalue weighted by Gasteiger charge is -2.24. The molecule has 0 aliphatic carbocycles. The summed E-state index contributed by atoms with van der Waals surface area (Å²) in [5.41, 5.74) is 0. The summed E-state index contributed by atoms with van der Waals surface area (Å²) in [7, 11) is 0. The lowest BCUT2D eigenvalue weighted by Crippen LogP contribution is -2.44. The molecule has 0 radical (unpaired) electrons. The van der Waals surface area contributed by atoms with Gasteiger partial charge in [-0.3, -0.25) is 9.69 Å². The summed E-state index contributed by atoms with van der Waals surface area (Å²) in [5.74, 6) is 0.0184. The van der Waals surface area contributed by atoms with E-state index in [0.29, 0.717) is 25.7 Å². The van der Waals surface area contributed by atoms with Gasteiger partial charge in [0.05, 0.1) is 19.7 Å². The van der Waals surface area contributed by atoms with Crippen molar-refractivity contribution in [3.8, 4) is 0 Å². The van der Waals surface area contributed by atoms with Crippen molar-refractivity contribution in [3.05, 3.63) is 22.4 Å². The van der Waals surface area contributed by atoms with Crippen LogP contribution in [0.1, 0.15) is 17.7 Å². The van der Waals surface area contributed by atoms with Crippen molar-refractivity contribution < 1.29 is 9.90 Å². The lowest BCUT2D eigenvalue weighted by atomic mass is 10.2. The highest BCUT2D eigenvalue weighted by atomic mass is 32.1. The van der Waals surface area contributed by atoms with Crippen LogP contribution in [0.25, 0.3) is 0 Å². The molecule has 1 aromatic rings. The van der Waals surface area contributed by atoms with Crippen molar-refractivity contribution in [1.82, 2.24) is 15.5 Å². The highest BCUT2D eigenvalue weighted by molar-refractivity contribution is 7.09. The zero-order valence-corrected chi connectivity index (χ0v) is 12.5. The Morgan fingerprint density at radius 1 is 1.60 bits per heavy atom. The third-order valence-corrected chi connectivity index (χ3v) is 4.34. The normalized spacial score (nSPS) is 18.6. The molecular formula is C14H23N3O2S. The summed E-state index contributed by atoms with van der Waals surface area (Å²) in [5, 5.41) is 17.5. The van der Waals surface area contributed by atoms with Crippen LogP contribution in [-0.2, 0) is 11.3 Å². The molecule has 0 spiro atoms. The van der Waals surface area contributed by atoms with Gasteiger partial charge in [0, 0.05) is 24.0 Å². The first kappa shape index (κ1) is 15.4. The molecule has 20 heavy (non-hydrogen) atoms. The minimum absolute atomic E-state index is 0.0184. The van der Waals surface area contributed by atoms with Crippen LogP contribution in [0.15, 0.2) is 17.5 Å². The van der Waals surface area contributed by atoms with Crippen molar-refractivity contribution in [2.75, 3.05) is 32.8 Å². The quantitative estimate of drug-likeness (QED) is 0.650. The van der Waals surface area contributed by atoms with Gasteiger partial charge in [0.1, 0.15) is 0 Å². The van der Waals surface area contributed by atoms with Gasteiger partial charge in [-0.2, -0.15) is 0 Å². The van der Waals surface area contributed by atoms with Crippen LogP contribution in [-0.4, -0.2) is 54.7 Å². The molecule has 6 heteroatoms. The van der Waals surface area contributed by atoms with E-state index in [1.54, 1.807) is 11.3 Å². The highest BCUT2D eigenvalue weighted by Gasteiger charge is 2.19. The SMILES string of the molecule is O=C(CN(CCO)CC1CCCN1)NCc1cccs1. The monoisotopic (exact) mass is 297 g/mol. The summed E-state index contributed by atoms with van der Waals surface area (Å²) >= 11 is 1.64. The number of carbonyl (C=O) groups is 1. The van der Waals surface area contributed by atoms with Gasteiger partial charge in [0.2, 0.25) is 5.91 Å². The average molecular weight is 297 g/mol. The third-order valence-electron chi connectivity index (χ3n) is 3.46. The van der Waals surface area contributed by atoms with E-state index in [-0.39, 0.29) is 12.5 Å². The number of rotatable bonds is 8. The zero-order chi connectivity index (χ0) is 14.2. The molecule has 3 N–H and O–H groups in total. The fourth-order valence-electron chi connectivity index (χ4n) is 2.46. The molecular weight excluding hydrogens is 274 g/mol. The van der Waals surface area contributed by atoms with Crippen molar-refractivity contribution in [1.29, 1.82) is 0 Å². The number of thiophene rings is 1. The largest absolute Gasteiger partial charge is 0.395 e. The Labute approximate surface area is 124 Å². The number of hydrogen-bond donors (Lipinski definition) is 3. The Hall–Kier alpha value is -0.950. The van der Waals surface area contributed by atoms with E-state index < -0.39 is 0 Å². The summed E-state index contributed by atoms with van der Waals surface area (Å²) in [6, 6.07) is 4.45. The van der Waals surface area contributed by atoms with E-state index in [9.17, 15) is 4.79 Å². The Kier molecular flexibility index (Phi) is 6.46. The van der Waals surface area contributed by atoms with Gasteiger partial charge in [0.25, 0.3) is 0 Å². The maximum Gasteiger partial charge on any atom is 0.234 e. The molecule has 1 saturated heterocycles. The molecule has 1 fully saturated rings. The summed E-state index contributed by atoms with van der Waals surface area (Å²) in [4.78, 5) is 15.1. The van der Waals surface area contributed by atoms with Crippen LogP contribution in [0.5, 0.6) is 0 Å². The summed E-state index contributed by atoms with van der Waals surface area (Å²) in [6.07, 6.45) is 2.35. The molecule has 2 heterocycles. The molecule has 1 amide bonds. The number of carbonyl (C=O) groups excluding carboxylic acids is 1. The average Bonchev–Trinajstić information content (AvgIpc) is 3.09. The summed E-state index contributed by atoms with van der Waals surface area (Å²) in [6.45, 7) is 3.46. The maximum atomic E-state index is 11.9. The number of amides is 1. The minimum atomic E-state index is 0.0184. The zero-order valence-electron chi connectivity index (χ0n) is 11.7. The first-order valence-electron chi connectivity index (χ1n) is 7.13. The van der Waals surface area contributed by atoms with E-state index in [0.717, 1.165) is 24.4 Å². The van der Waals surface area contributed by atoms with Gasteiger partial charge >= 0.3 is 0 Å². The second-order valence-electron chi connectivity index (χ2n) is 5.11. The van der Waals surface area contributed by atoms with E-state index in [1.165, 1.54) is 6.42 Å². The predicted molar refractivity (Wildman–Crippen MR) is 80.7 cm³/mol. The van der Waals surface area contributed by atoms with E-state index in [1.807, 2.05) is 22.4 Å². The van der Waals surface area contributed by atoms with E-state index >= 15 is 0 Å². The molecule has 1 aliphatic rings. The molecule has 5 nitrogen and oxygen atoms in total. The number of hydrogen-bond acceptors (Lipinski definition) is 5. The third kappa shape index (κ3) is 5.20. The molecule has 0 aromatic carbocycles. The van der Waals surface area contributed by atoms with Crippen molar-refractivity contribution in [3.63, 3.8) is 0 Å². The Morgan fingerprint density at radius 3 is 3.15 bits per heavy atom. The van der Waals surface area contributed by atoms with Crippen molar-refractivity contribution in [2.45, 2.75) is 25.4 Å². The smallest absolute Gasteiger partial charge is 0.234 e. The maximum absolute atomic E-state index is 11.9. The van der Waals surface area contributed by atoms with Crippen LogP contribution in [0.2, 0.25) is 0 Å². The molecule has 2 rings (SSSR count). The molecule has 1 unspecified atom stereocenters. The standard InChI is InChI=1S/C14H23N3O2S/c18-7-6-17(10-12-3-1-5-15-12)11-14(19)16-9-13-4-2-8-20-13/h2,4,8,12,15,18H,1,3,5-7,9-11H2,(H,16,19). The van der Waals surface area contributed by atoms with Gasteiger partial charge in [0.15, 0.2) is 0 Å². The number of nitrogens with one attached hydrogen (secondary N) is 2. The first-order valence-corrected chi connectivity index (χ1v) is 8.01. The van der Waals surface area contributed by atoms with Crippen LogP contribution in [0, 0.1) is 0 Å². The minimum Gasteiger partial charge on any atom is -0.395 e. The molecule has 1 aliphatic heterocycles. The molecule has 0 saturated carbocycles. The van der Waals surface area contributed by atoms with Gasteiger partial charge < -0.3 is 15.7 Å². The second kappa shape index (κ2) is 8.36. The topological polar surface area (TPSA) is 64.6 Å². The van der Waals surface area contributed by atoms with Gasteiger partial charge in [-0.25, -0.2) is 0 Å². The van der Waals surface area contributed by atoms with Crippen LogP contribution >= 0.6 is 11.3 Å². The Balaban J connectivity index is 1.72. The fourth-order valence-corrected chi connectivity index (χ4v) is 3.10. The second-order valence-corrected chi connectivity index (χ2v) is 6.14. The first-order chi connectivity index (χ1) is 9.78. The Morgan fingerprint density at radius 2 is 2.50 bits per heavy atom. The molecule has 1 aromatic heterocycles. The predicted octanol–water partition coefficient (Wildman–Crippen LogP) is 0.411. The number of aliphatic hydroxyl groups excluding tert-OH is 1. The van der Waals surface area contributed by atoms with Crippen molar-refractivity contribution >= 4 is 17.2 Å². The number of nitrogens with zero attached hydrogens (tertiary/aromatic N) is 1.